The highest BCUT2D eigenvalue weighted by atomic mass is 32.1. The number of nitrogens with zero attached hydrogens (tertiary/aromatic N) is 5. The SMILES string of the molecule is CCN1C(=O)CN(C)C(=O)c2c1sc1c2CCN(C(=O)c2ccn3nccc3c2)C1. The summed E-state index contributed by atoms with van der Waals surface area (Å²) in [6.07, 6.45) is 4.09. The summed E-state index contributed by atoms with van der Waals surface area (Å²) >= 11 is 1.46. The minimum Gasteiger partial charge on any atom is -0.333 e. The van der Waals surface area contributed by atoms with Crippen LogP contribution in [-0.2, 0) is 17.8 Å². The number of amides is 3. The van der Waals surface area contributed by atoms with Gasteiger partial charge in [0, 0.05) is 43.0 Å². The Bertz CT molecular complexity index is 1200. The van der Waals surface area contributed by atoms with E-state index in [9.17, 15) is 14.4 Å². The van der Waals surface area contributed by atoms with E-state index >= 15 is 0 Å². The summed E-state index contributed by atoms with van der Waals surface area (Å²) in [5.74, 6) is -0.231. The molecular weight excluding hydrogens is 402 g/mol. The lowest BCUT2D eigenvalue weighted by Crippen LogP contribution is -2.38. The summed E-state index contributed by atoms with van der Waals surface area (Å²) in [5, 5.41) is 4.89. The number of hydrogen-bond acceptors (Lipinski definition) is 5. The molecule has 0 unspecified atom stereocenters. The predicted octanol–water partition coefficient (Wildman–Crippen LogP) is 2.03. The van der Waals surface area contributed by atoms with Crippen LogP contribution in [0.3, 0.4) is 0 Å². The first kappa shape index (κ1) is 18.8. The minimum atomic E-state index is -0.113. The maximum atomic E-state index is 13.1. The molecule has 9 heteroatoms. The Morgan fingerprint density at radius 2 is 2.07 bits per heavy atom. The second-order valence-electron chi connectivity index (χ2n) is 7.58. The first-order valence-corrected chi connectivity index (χ1v) is 10.7. The van der Waals surface area contributed by atoms with Gasteiger partial charge in [0.15, 0.2) is 0 Å². The Kier molecular flexibility index (Phi) is 4.35. The molecule has 2 aliphatic rings. The Morgan fingerprint density at radius 3 is 2.87 bits per heavy atom. The van der Waals surface area contributed by atoms with Crippen LogP contribution in [0.5, 0.6) is 0 Å². The lowest BCUT2D eigenvalue weighted by Gasteiger charge is -2.27. The van der Waals surface area contributed by atoms with Crippen molar-refractivity contribution < 1.29 is 14.4 Å². The summed E-state index contributed by atoms with van der Waals surface area (Å²) in [4.78, 5) is 44.7. The van der Waals surface area contributed by atoms with Crippen molar-refractivity contribution in [3.8, 4) is 0 Å². The molecule has 0 aromatic carbocycles. The highest BCUT2D eigenvalue weighted by Gasteiger charge is 2.37. The molecule has 0 N–H and O–H groups in total. The zero-order chi connectivity index (χ0) is 21.0. The van der Waals surface area contributed by atoms with Crippen molar-refractivity contribution in [2.24, 2.45) is 0 Å². The Balaban J connectivity index is 1.49. The summed E-state index contributed by atoms with van der Waals surface area (Å²) < 4.78 is 1.72. The topological polar surface area (TPSA) is 78.2 Å². The van der Waals surface area contributed by atoms with Gasteiger partial charge in [-0.15, -0.1) is 11.3 Å². The summed E-state index contributed by atoms with van der Waals surface area (Å²) in [5.41, 5.74) is 3.10. The largest absolute Gasteiger partial charge is 0.333 e. The van der Waals surface area contributed by atoms with Gasteiger partial charge >= 0.3 is 0 Å². The van der Waals surface area contributed by atoms with Crippen molar-refractivity contribution in [2.75, 3.05) is 31.6 Å². The molecule has 0 fully saturated rings. The molecule has 3 aromatic rings. The van der Waals surface area contributed by atoms with E-state index in [-0.39, 0.29) is 24.3 Å². The number of pyridine rings is 1. The fraction of sp³-hybridized carbons (Fsp3) is 0.333. The van der Waals surface area contributed by atoms with E-state index < -0.39 is 0 Å². The van der Waals surface area contributed by atoms with Gasteiger partial charge in [0.1, 0.15) is 11.5 Å². The molecule has 0 radical (unpaired) electrons. The van der Waals surface area contributed by atoms with Crippen LogP contribution in [0.4, 0.5) is 5.00 Å². The molecule has 154 valence electrons. The molecule has 30 heavy (non-hydrogen) atoms. The van der Waals surface area contributed by atoms with E-state index in [1.165, 1.54) is 16.2 Å². The zero-order valence-electron chi connectivity index (χ0n) is 16.8. The number of fused-ring (bicyclic) bond motifs is 4. The number of anilines is 1. The van der Waals surface area contributed by atoms with Crippen molar-refractivity contribution >= 4 is 39.6 Å². The number of carbonyl (C=O) groups excluding carboxylic acids is 3. The number of carbonyl (C=O) groups is 3. The molecule has 0 saturated heterocycles. The average Bonchev–Trinajstić information content (AvgIpc) is 3.34. The Labute approximate surface area is 177 Å². The van der Waals surface area contributed by atoms with Crippen LogP contribution in [0, 0.1) is 0 Å². The van der Waals surface area contributed by atoms with Gasteiger partial charge in [-0.25, -0.2) is 4.52 Å². The molecule has 3 aromatic heterocycles. The molecule has 0 atom stereocenters. The third kappa shape index (κ3) is 2.80. The number of rotatable bonds is 2. The monoisotopic (exact) mass is 423 g/mol. The molecule has 5 rings (SSSR count). The van der Waals surface area contributed by atoms with Crippen molar-refractivity contribution in [3.63, 3.8) is 0 Å². The van der Waals surface area contributed by atoms with Crippen LogP contribution in [-0.4, -0.2) is 63.8 Å². The van der Waals surface area contributed by atoms with Gasteiger partial charge < -0.3 is 14.7 Å². The standard InChI is InChI=1S/C21H21N5O3S/c1-3-25-17(27)12-23(2)20(29)18-15-6-8-24(11-16(15)30-21(18)25)19(28)13-5-9-26-14(10-13)4-7-22-26/h4-5,7,9-10H,3,6,8,11-12H2,1-2H3. The normalized spacial score (nSPS) is 16.7. The second kappa shape index (κ2) is 6.94. The average molecular weight is 423 g/mol. The molecule has 5 heterocycles. The summed E-state index contributed by atoms with van der Waals surface area (Å²) in [7, 11) is 1.67. The zero-order valence-corrected chi connectivity index (χ0v) is 17.6. The predicted molar refractivity (Wildman–Crippen MR) is 113 cm³/mol. The fourth-order valence-electron chi connectivity index (χ4n) is 4.19. The van der Waals surface area contributed by atoms with Gasteiger partial charge in [0.05, 0.1) is 17.6 Å². The molecule has 3 amide bonds. The lowest BCUT2D eigenvalue weighted by atomic mass is 10.0. The van der Waals surface area contributed by atoms with Crippen molar-refractivity contribution in [1.82, 2.24) is 19.4 Å². The number of likely N-dealkylation sites (N-methyl/N-ethyl adjacent to an activating group) is 2. The van der Waals surface area contributed by atoms with Gasteiger partial charge in [-0.3, -0.25) is 14.4 Å². The lowest BCUT2D eigenvalue weighted by molar-refractivity contribution is -0.118. The van der Waals surface area contributed by atoms with Crippen LogP contribution in [0.2, 0.25) is 0 Å². The van der Waals surface area contributed by atoms with Gasteiger partial charge in [0.25, 0.3) is 11.8 Å². The first-order chi connectivity index (χ1) is 14.5. The van der Waals surface area contributed by atoms with Crippen molar-refractivity contribution in [1.29, 1.82) is 0 Å². The van der Waals surface area contributed by atoms with Crippen LogP contribution in [0.1, 0.15) is 38.1 Å². The number of aromatic nitrogens is 2. The van der Waals surface area contributed by atoms with Crippen molar-refractivity contribution in [3.05, 3.63) is 52.2 Å². The number of hydrogen-bond donors (Lipinski definition) is 0. The van der Waals surface area contributed by atoms with Gasteiger partial charge in [-0.2, -0.15) is 5.10 Å². The molecule has 2 aliphatic heterocycles. The minimum absolute atomic E-state index is 0.0418. The molecule has 0 saturated carbocycles. The molecular formula is C21H21N5O3S. The van der Waals surface area contributed by atoms with E-state index in [0.717, 1.165) is 21.0 Å². The second-order valence-corrected chi connectivity index (χ2v) is 8.66. The fourth-order valence-corrected chi connectivity index (χ4v) is 5.63. The van der Waals surface area contributed by atoms with Gasteiger partial charge in [-0.05, 0) is 37.1 Å². The smallest absolute Gasteiger partial charge is 0.257 e. The Hall–Kier alpha value is -3.20. The molecule has 0 bridgehead atoms. The molecule has 0 spiro atoms. The van der Waals surface area contributed by atoms with E-state index in [0.29, 0.717) is 37.2 Å². The van der Waals surface area contributed by atoms with Crippen LogP contribution in [0.25, 0.3) is 5.52 Å². The van der Waals surface area contributed by atoms with E-state index in [1.54, 1.807) is 34.9 Å². The van der Waals surface area contributed by atoms with Gasteiger partial charge in [-0.1, -0.05) is 0 Å². The maximum Gasteiger partial charge on any atom is 0.257 e. The number of thiophene rings is 1. The highest BCUT2D eigenvalue weighted by molar-refractivity contribution is 7.17. The van der Waals surface area contributed by atoms with Crippen LogP contribution < -0.4 is 4.90 Å². The van der Waals surface area contributed by atoms with E-state index in [1.807, 2.05) is 24.0 Å². The van der Waals surface area contributed by atoms with E-state index in [2.05, 4.69) is 5.10 Å². The van der Waals surface area contributed by atoms with Crippen LogP contribution >= 0.6 is 11.3 Å². The molecule has 0 aliphatic carbocycles. The first-order valence-electron chi connectivity index (χ1n) is 9.91. The van der Waals surface area contributed by atoms with Crippen LogP contribution in [0.15, 0.2) is 30.6 Å². The highest BCUT2D eigenvalue weighted by Crippen LogP contribution is 2.41. The maximum absolute atomic E-state index is 13.1. The van der Waals surface area contributed by atoms with E-state index in [4.69, 9.17) is 0 Å². The third-order valence-electron chi connectivity index (χ3n) is 5.77. The quantitative estimate of drug-likeness (QED) is 0.632. The third-order valence-corrected chi connectivity index (χ3v) is 7.01. The summed E-state index contributed by atoms with van der Waals surface area (Å²) in [6, 6.07) is 5.47. The molecule has 8 nitrogen and oxygen atoms in total. The van der Waals surface area contributed by atoms with Gasteiger partial charge in [0.2, 0.25) is 5.91 Å². The van der Waals surface area contributed by atoms with Crippen molar-refractivity contribution in [2.45, 2.75) is 19.9 Å². The Morgan fingerprint density at radius 1 is 1.23 bits per heavy atom. The summed E-state index contributed by atoms with van der Waals surface area (Å²) in [6.45, 7) is 3.50.